The Labute approximate surface area is 169 Å². The van der Waals surface area contributed by atoms with Crippen LogP contribution in [0.4, 0.5) is 11.6 Å². The van der Waals surface area contributed by atoms with E-state index in [0.717, 1.165) is 30.4 Å². The van der Waals surface area contributed by atoms with Crippen LogP contribution in [0.5, 0.6) is 5.88 Å². The van der Waals surface area contributed by atoms with E-state index in [1.54, 1.807) is 4.68 Å². The maximum absolute atomic E-state index is 12.9. The molecule has 2 aromatic heterocycles. The van der Waals surface area contributed by atoms with E-state index in [-0.39, 0.29) is 5.91 Å². The summed E-state index contributed by atoms with van der Waals surface area (Å²) in [5.74, 6) is 0.572. The summed E-state index contributed by atoms with van der Waals surface area (Å²) in [5.41, 5.74) is 1.86. The minimum atomic E-state index is -0.308. The summed E-state index contributed by atoms with van der Waals surface area (Å²) in [4.78, 5) is 23.9. The van der Waals surface area contributed by atoms with Gasteiger partial charge in [-0.3, -0.25) is 9.48 Å². The molecule has 152 valence electrons. The van der Waals surface area contributed by atoms with Crippen LogP contribution in [0.25, 0.3) is 10.9 Å². The van der Waals surface area contributed by atoms with Crippen LogP contribution < -0.4 is 20.3 Å². The van der Waals surface area contributed by atoms with Crippen molar-refractivity contribution in [2.45, 2.75) is 19.4 Å². The molecule has 0 bridgehead atoms. The van der Waals surface area contributed by atoms with Gasteiger partial charge in [-0.25, -0.2) is 4.98 Å². The minimum Gasteiger partial charge on any atom is -0.477 e. The topological polar surface area (TPSA) is 97.2 Å². The van der Waals surface area contributed by atoms with E-state index < -0.39 is 0 Å². The van der Waals surface area contributed by atoms with Crippen molar-refractivity contribution >= 4 is 28.4 Å². The van der Waals surface area contributed by atoms with Crippen LogP contribution in [-0.2, 0) is 7.05 Å². The van der Waals surface area contributed by atoms with Gasteiger partial charge in [0.25, 0.3) is 5.91 Å². The average molecular weight is 395 g/mol. The summed E-state index contributed by atoms with van der Waals surface area (Å²) >= 11 is 0. The largest absolute Gasteiger partial charge is 0.477 e. The van der Waals surface area contributed by atoms with Crippen molar-refractivity contribution in [2.75, 3.05) is 37.0 Å². The molecule has 1 aliphatic heterocycles. The number of aromatic nitrogens is 4. The van der Waals surface area contributed by atoms with Crippen LogP contribution in [0.1, 0.15) is 23.7 Å². The number of fused-ring (bicyclic) bond motifs is 1. The lowest BCUT2D eigenvalue weighted by Crippen LogP contribution is -2.30. The molecule has 0 aliphatic carbocycles. The van der Waals surface area contributed by atoms with E-state index in [1.165, 1.54) is 6.20 Å². The molecule has 0 saturated carbocycles. The molecule has 0 radical (unpaired) electrons. The molecule has 9 heteroatoms. The number of anilines is 2. The number of ether oxygens (including phenoxy) is 1. The molecule has 3 heterocycles. The Kier molecular flexibility index (Phi) is 5.30. The molecule has 0 spiro atoms. The first-order chi connectivity index (χ1) is 14.1. The molecule has 1 aromatic carbocycles. The van der Waals surface area contributed by atoms with Gasteiger partial charge in [0.1, 0.15) is 5.56 Å². The Morgan fingerprint density at radius 3 is 3.00 bits per heavy atom. The SMILES string of the molecule is CCOc1nc(N2CC[C@H](NC)C2)ncc1C(=O)Nc1ccc2nn(C)cc2c1. The number of likely N-dealkylation sites (N-methyl/N-ethyl adjacent to an activating group) is 1. The zero-order valence-corrected chi connectivity index (χ0v) is 16.8. The normalized spacial score (nSPS) is 16.4. The van der Waals surface area contributed by atoms with Gasteiger partial charge in [-0.1, -0.05) is 0 Å². The lowest BCUT2D eigenvalue weighted by molar-refractivity contribution is 0.102. The number of benzene rings is 1. The van der Waals surface area contributed by atoms with Crippen molar-refractivity contribution in [1.82, 2.24) is 25.1 Å². The maximum atomic E-state index is 12.9. The Balaban J connectivity index is 1.56. The first kappa shape index (κ1) is 19.1. The van der Waals surface area contributed by atoms with Gasteiger partial charge in [-0.2, -0.15) is 10.1 Å². The molecule has 1 aliphatic rings. The van der Waals surface area contributed by atoms with E-state index in [4.69, 9.17) is 4.74 Å². The second-order valence-corrected chi connectivity index (χ2v) is 7.07. The molecule has 4 rings (SSSR count). The predicted molar refractivity (Wildman–Crippen MR) is 112 cm³/mol. The third-order valence-electron chi connectivity index (χ3n) is 5.02. The summed E-state index contributed by atoms with van der Waals surface area (Å²) in [6.45, 7) is 3.98. The monoisotopic (exact) mass is 395 g/mol. The van der Waals surface area contributed by atoms with E-state index >= 15 is 0 Å². The fourth-order valence-corrected chi connectivity index (χ4v) is 3.52. The van der Waals surface area contributed by atoms with Crippen molar-refractivity contribution in [1.29, 1.82) is 0 Å². The number of aryl methyl sites for hydroxylation is 1. The fourth-order valence-electron chi connectivity index (χ4n) is 3.52. The summed E-state index contributed by atoms with van der Waals surface area (Å²) in [6.07, 6.45) is 4.48. The quantitative estimate of drug-likeness (QED) is 0.657. The van der Waals surface area contributed by atoms with Crippen molar-refractivity contribution in [3.8, 4) is 5.88 Å². The fraction of sp³-hybridized carbons (Fsp3) is 0.400. The number of amides is 1. The predicted octanol–water partition coefficient (Wildman–Crippen LogP) is 1.81. The third kappa shape index (κ3) is 4.00. The summed E-state index contributed by atoms with van der Waals surface area (Å²) in [7, 11) is 3.82. The first-order valence-electron chi connectivity index (χ1n) is 9.74. The van der Waals surface area contributed by atoms with Gasteiger partial charge in [0.15, 0.2) is 0 Å². The van der Waals surface area contributed by atoms with Crippen LogP contribution in [0.15, 0.2) is 30.6 Å². The average Bonchev–Trinajstić information content (AvgIpc) is 3.33. The molecule has 9 nitrogen and oxygen atoms in total. The van der Waals surface area contributed by atoms with E-state index in [1.807, 2.05) is 45.4 Å². The standard InChI is InChI=1S/C20H25N7O2/c1-4-29-19-16(10-22-20(24-19)27-8-7-15(12-27)21-2)18(28)23-14-5-6-17-13(9-14)11-26(3)25-17/h5-6,9-11,15,21H,4,7-8,12H2,1-3H3,(H,23,28)/t15-/m0/s1. The van der Waals surface area contributed by atoms with Gasteiger partial charge < -0.3 is 20.3 Å². The van der Waals surface area contributed by atoms with Crippen molar-refractivity contribution in [2.24, 2.45) is 7.05 Å². The number of hydrogen-bond donors (Lipinski definition) is 2. The van der Waals surface area contributed by atoms with Crippen LogP contribution in [-0.4, -0.2) is 58.4 Å². The molecule has 1 saturated heterocycles. The lowest BCUT2D eigenvalue weighted by Gasteiger charge is -2.18. The Hall–Kier alpha value is -3.20. The summed E-state index contributed by atoms with van der Waals surface area (Å²) in [6, 6.07) is 6.00. The molecule has 1 fully saturated rings. The van der Waals surface area contributed by atoms with Crippen LogP contribution >= 0.6 is 0 Å². The van der Waals surface area contributed by atoms with Crippen molar-refractivity contribution in [3.63, 3.8) is 0 Å². The number of nitrogens with one attached hydrogen (secondary N) is 2. The van der Waals surface area contributed by atoms with Gasteiger partial charge >= 0.3 is 0 Å². The molecule has 2 N–H and O–H groups in total. The highest BCUT2D eigenvalue weighted by Crippen LogP contribution is 2.24. The van der Waals surface area contributed by atoms with E-state index in [0.29, 0.717) is 35.7 Å². The van der Waals surface area contributed by atoms with Crippen LogP contribution in [0.3, 0.4) is 0 Å². The van der Waals surface area contributed by atoms with E-state index in [2.05, 4.69) is 30.6 Å². The molecular formula is C20H25N7O2. The van der Waals surface area contributed by atoms with Gasteiger partial charge in [-0.15, -0.1) is 0 Å². The molecular weight excluding hydrogens is 370 g/mol. The van der Waals surface area contributed by atoms with Gasteiger partial charge in [0.05, 0.1) is 12.1 Å². The Morgan fingerprint density at radius 1 is 1.38 bits per heavy atom. The lowest BCUT2D eigenvalue weighted by atomic mass is 10.2. The number of carbonyl (C=O) groups excluding carboxylic acids is 1. The third-order valence-corrected chi connectivity index (χ3v) is 5.02. The molecule has 3 aromatic rings. The summed E-state index contributed by atoms with van der Waals surface area (Å²) in [5, 5.41) is 11.5. The zero-order valence-electron chi connectivity index (χ0n) is 16.8. The highest BCUT2D eigenvalue weighted by atomic mass is 16.5. The Morgan fingerprint density at radius 2 is 2.24 bits per heavy atom. The highest BCUT2D eigenvalue weighted by Gasteiger charge is 2.25. The van der Waals surface area contributed by atoms with Crippen LogP contribution in [0, 0.1) is 0 Å². The second kappa shape index (κ2) is 8.04. The van der Waals surface area contributed by atoms with Crippen molar-refractivity contribution < 1.29 is 9.53 Å². The van der Waals surface area contributed by atoms with Crippen LogP contribution in [0.2, 0.25) is 0 Å². The first-order valence-corrected chi connectivity index (χ1v) is 9.74. The Bertz CT molecular complexity index is 1030. The number of rotatable bonds is 6. The van der Waals surface area contributed by atoms with Gasteiger partial charge in [0.2, 0.25) is 11.8 Å². The maximum Gasteiger partial charge on any atom is 0.262 e. The number of carbonyl (C=O) groups is 1. The summed E-state index contributed by atoms with van der Waals surface area (Å²) < 4.78 is 7.40. The second-order valence-electron chi connectivity index (χ2n) is 7.07. The minimum absolute atomic E-state index is 0.297. The highest BCUT2D eigenvalue weighted by molar-refractivity contribution is 6.06. The van der Waals surface area contributed by atoms with Gasteiger partial charge in [0, 0.05) is 49.6 Å². The zero-order chi connectivity index (χ0) is 20.4. The number of hydrogen-bond acceptors (Lipinski definition) is 7. The smallest absolute Gasteiger partial charge is 0.262 e. The molecule has 1 atom stereocenters. The number of nitrogens with zero attached hydrogens (tertiary/aromatic N) is 5. The van der Waals surface area contributed by atoms with E-state index in [9.17, 15) is 4.79 Å². The molecule has 0 unspecified atom stereocenters. The molecule has 1 amide bonds. The van der Waals surface area contributed by atoms with Crippen molar-refractivity contribution in [3.05, 3.63) is 36.2 Å². The molecule has 29 heavy (non-hydrogen) atoms. The van der Waals surface area contributed by atoms with Gasteiger partial charge in [-0.05, 0) is 38.6 Å².